The van der Waals surface area contributed by atoms with Crippen LogP contribution in [0.4, 0.5) is 11.6 Å². The van der Waals surface area contributed by atoms with Gasteiger partial charge in [-0.1, -0.05) is 24.8 Å². The van der Waals surface area contributed by atoms with Crippen LogP contribution in [0.1, 0.15) is 22.5 Å². The molecule has 0 saturated carbocycles. The number of benzene rings is 1. The molecule has 0 spiro atoms. The zero-order chi connectivity index (χ0) is 23.7. The predicted octanol–water partition coefficient (Wildman–Crippen LogP) is 2.94. The fraction of sp³-hybridized carbons (Fsp3) is 0.160. The van der Waals surface area contributed by atoms with Gasteiger partial charge in [-0.3, -0.25) is 9.59 Å². The van der Waals surface area contributed by atoms with Gasteiger partial charge in [0, 0.05) is 35.6 Å². The second-order valence-electron chi connectivity index (χ2n) is 8.08. The van der Waals surface area contributed by atoms with Crippen LogP contribution in [-0.4, -0.2) is 37.4 Å². The third kappa shape index (κ3) is 3.88. The monoisotopic (exact) mass is 453 g/mol. The molecule has 34 heavy (non-hydrogen) atoms. The number of anilines is 2. The number of fused-ring (bicyclic) bond motifs is 3. The quantitative estimate of drug-likeness (QED) is 0.399. The lowest BCUT2D eigenvalue weighted by Crippen LogP contribution is -2.40. The topological polar surface area (TPSA) is 128 Å². The Kier molecular flexibility index (Phi) is 5.51. The molecule has 1 aliphatic heterocycles. The number of nitrogens with zero attached hydrogens (tertiary/aromatic N) is 4. The van der Waals surface area contributed by atoms with E-state index in [4.69, 9.17) is 5.73 Å². The van der Waals surface area contributed by atoms with Gasteiger partial charge in [-0.15, -0.1) is 0 Å². The van der Waals surface area contributed by atoms with Gasteiger partial charge in [-0.25, -0.2) is 15.0 Å². The fourth-order valence-corrected chi connectivity index (χ4v) is 4.42. The Bertz CT molecular complexity index is 1390. The van der Waals surface area contributed by atoms with Crippen LogP contribution in [0, 0.1) is 0 Å². The Hall–Kier alpha value is -4.53. The number of rotatable bonds is 5. The predicted molar refractivity (Wildman–Crippen MR) is 130 cm³/mol. The van der Waals surface area contributed by atoms with Gasteiger partial charge in [0.2, 0.25) is 5.91 Å². The van der Waals surface area contributed by atoms with Crippen LogP contribution in [0.25, 0.3) is 22.2 Å². The maximum absolute atomic E-state index is 12.6. The molecule has 4 heterocycles. The number of carbonyl (C=O) groups is 2. The number of carbonyl (C=O) groups excluding carboxylic acids is 2. The number of pyridine rings is 1. The van der Waals surface area contributed by atoms with E-state index >= 15 is 0 Å². The normalized spacial score (nSPS) is 14.9. The zero-order valence-electron chi connectivity index (χ0n) is 18.4. The molecule has 0 bridgehead atoms. The molecule has 1 aromatic carbocycles. The summed E-state index contributed by atoms with van der Waals surface area (Å²) in [4.78, 5) is 37.3. The van der Waals surface area contributed by atoms with Gasteiger partial charge in [-0.05, 0) is 48.7 Å². The highest BCUT2D eigenvalue weighted by molar-refractivity contribution is 6.05. The molecule has 9 heteroatoms. The largest absolute Gasteiger partial charge is 0.383 e. The SMILES string of the molecule is C=CC(=O)N[C@@H]1CCc2c(-c3ccc(C(=O)Nc4ccccn4)cc3)c3c(N)ncnc3n2C1. The molecule has 170 valence electrons. The average molecular weight is 454 g/mol. The Morgan fingerprint density at radius 3 is 2.68 bits per heavy atom. The summed E-state index contributed by atoms with van der Waals surface area (Å²) in [6, 6.07) is 12.7. The van der Waals surface area contributed by atoms with Crippen LogP contribution < -0.4 is 16.4 Å². The van der Waals surface area contributed by atoms with E-state index in [0.717, 1.165) is 40.7 Å². The molecule has 1 aliphatic rings. The summed E-state index contributed by atoms with van der Waals surface area (Å²) < 4.78 is 2.10. The first-order valence-electron chi connectivity index (χ1n) is 10.9. The van der Waals surface area contributed by atoms with E-state index in [1.54, 1.807) is 30.5 Å². The molecule has 9 nitrogen and oxygen atoms in total. The average Bonchev–Trinajstić information content (AvgIpc) is 3.19. The maximum atomic E-state index is 12.6. The molecule has 4 aromatic rings. The molecular weight excluding hydrogens is 430 g/mol. The summed E-state index contributed by atoms with van der Waals surface area (Å²) in [6.07, 6.45) is 5.86. The highest BCUT2D eigenvalue weighted by Gasteiger charge is 2.28. The summed E-state index contributed by atoms with van der Waals surface area (Å²) in [5.74, 6) is 0.453. The molecule has 1 atom stereocenters. The standard InChI is InChI=1S/C25H23N7O2/c1-2-20(33)30-17-10-11-18-21(22-23(26)28-14-29-24(22)32(18)13-17)15-6-8-16(9-7-15)25(34)31-19-5-3-4-12-27-19/h2-9,12,14,17H,1,10-11,13H2,(H,30,33)(H2,26,28,29)(H,27,31,34)/t17-/m1/s1. The molecule has 2 amide bonds. The Morgan fingerprint density at radius 1 is 1.12 bits per heavy atom. The second-order valence-corrected chi connectivity index (χ2v) is 8.08. The lowest BCUT2D eigenvalue weighted by molar-refractivity contribution is -0.117. The van der Waals surface area contributed by atoms with Crippen molar-refractivity contribution in [3.05, 3.63) is 78.9 Å². The molecule has 0 fully saturated rings. The van der Waals surface area contributed by atoms with E-state index in [9.17, 15) is 9.59 Å². The number of hydrogen-bond acceptors (Lipinski definition) is 6. The minimum atomic E-state index is -0.238. The number of amides is 2. The second kappa shape index (κ2) is 8.78. The highest BCUT2D eigenvalue weighted by atomic mass is 16.2. The number of nitrogens with one attached hydrogen (secondary N) is 2. The number of hydrogen-bond donors (Lipinski definition) is 3. The van der Waals surface area contributed by atoms with Crippen molar-refractivity contribution >= 4 is 34.5 Å². The summed E-state index contributed by atoms with van der Waals surface area (Å²) >= 11 is 0. The van der Waals surface area contributed by atoms with E-state index in [-0.39, 0.29) is 17.9 Å². The van der Waals surface area contributed by atoms with Gasteiger partial charge in [0.05, 0.1) is 5.39 Å². The van der Waals surface area contributed by atoms with Gasteiger partial charge in [0.15, 0.2) is 0 Å². The third-order valence-electron chi connectivity index (χ3n) is 5.98. The van der Waals surface area contributed by atoms with E-state index in [0.29, 0.717) is 23.7 Å². The summed E-state index contributed by atoms with van der Waals surface area (Å²) in [5.41, 5.74) is 10.5. The molecular formula is C25H23N7O2. The van der Waals surface area contributed by atoms with Crippen molar-refractivity contribution in [3.8, 4) is 11.1 Å². The van der Waals surface area contributed by atoms with E-state index in [1.165, 1.54) is 12.4 Å². The summed E-state index contributed by atoms with van der Waals surface area (Å²) in [6.45, 7) is 4.11. The van der Waals surface area contributed by atoms with Crippen LogP contribution in [-0.2, 0) is 17.8 Å². The fourth-order valence-electron chi connectivity index (χ4n) is 4.42. The third-order valence-corrected chi connectivity index (χ3v) is 5.98. The smallest absolute Gasteiger partial charge is 0.256 e. The lowest BCUT2D eigenvalue weighted by atomic mass is 9.96. The first-order chi connectivity index (χ1) is 16.5. The van der Waals surface area contributed by atoms with Crippen LogP contribution >= 0.6 is 0 Å². The Labute approximate surface area is 195 Å². The van der Waals surface area contributed by atoms with Crippen LogP contribution in [0.5, 0.6) is 0 Å². The van der Waals surface area contributed by atoms with Crippen molar-refractivity contribution in [1.29, 1.82) is 0 Å². The van der Waals surface area contributed by atoms with Gasteiger partial charge < -0.3 is 20.9 Å². The van der Waals surface area contributed by atoms with Gasteiger partial charge >= 0.3 is 0 Å². The highest BCUT2D eigenvalue weighted by Crippen LogP contribution is 2.39. The van der Waals surface area contributed by atoms with E-state index < -0.39 is 0 Å². The maximum Gasteiger partial charge on any atom is 0.256 e. The van der Waals surface area contributed by atoms with Crippen LogP contribution in [0.3, 0.4) is 0 Å². The first kappa shape index (κ1) is 21.3. The lowest BCUT2D eigenvalue weighted by Gasteiger charge is -2.26. The number of nitrogens with two attached hydrogens (primary N) is 1. The van der Waals surface area contributed by atoms with E-state index in [2.05, 4.69) is 36.7 Å². The minimum Gasteiger partial charge on any atom is -0.383 e. The van der Waals surface area contributed by atoms with Gasteiger partial charge in [-0.2, -0.15) is 0 Å². The zero-order valence-corrected chi connectivity index (χ0v) is 18.4. The molecule has 4 N–H and O–H groups in total. The van der Waals surface area contributed by atoms with Gasteiger partial charge in [0.1, 0.15) is 23.6 Å². The van der Waals surface area contributed by atoms with Gasteiger partial charge in [0.25, 0.3) is 5.91 Å². The first-order valence-corrected chi connectivity index (χ1v) is 10.9. The summed E-state index contributed by atoms with van der Waals surface area (Å²) in [7, 11) is 0. The molecule has 0 aliphatic carbocycles. The van der Waals surface area contributed by atoms with Crippen LogP contribution in [0.15, 0.2) is 67.6 Å². The van der Waals surface area contributed by atoms with Crippen molar-refractivity contribution in [2.45, 2.75) is 25.4 Å². The Morgan fingerprint density at radius 2 is 1.94 bits per heavy atom. The van der Waals surface area contributed by atoms with Crippen molar-refractivity contribution in [2.24, 2.45) is 0 Å². The molecule has 0 radical (unpaired) electrons. The number of nitrogen functional groups attached to an aromatic ring is 1. The van der Waals surface area contributed by atoms with Crippen LogP contribution in [0.2, 0.25) is 0 Å². The molecule has 3 aromatic heterocycles. The van der Waals surface area contributed by atoms with E-state index in [1.807, 2.05) is 18.2 Å². The molecule has 0 unspecified atom stereocenters. The van der Waals surface area contributed by atoms with Crippen molar-refractivity contribution < 1.29 is 9.59 Å². The molecule has 5 rings (SSSR count). The van der Waals surface area contributed by atoms with Crippen molar-refractivity contribution in [1.82, 2.24) is 24.8 Å². The summed E-state index contributed by atoms with van der Waals surface area (Å²) in [5, 5.41) is 6.54. The van der Waals surface area contributed by atoms with Crippen molar-refractivity contribution in [2.75, 3.05) is 11.1 Å². The van der Waals surface area contributed by atoms with Crippen molar-refractivity contribution in [3.63, 3.8) is 0 Å². The number of aromatic nitrogens is 4. The Balaban J connectivity index is 1.50. The minimum absolute atomic E-state index is 0.0321. The molecule has 0 saturated heterocycles.